The summed E-state index contributed by atoms with van der Waals surface area (Å²) in [6.45, 7) is 2.76. The zero-order valence-corrected chi connectivity index (χ0v) is 11.9. The lowest BCUT2D eigenvalue weighted by atomic mass is 10.1. The molecule has 0 aliphatic rings. The highest BCUT2D eigenvalue weighted by atomic mass is 35.5. The number of fused-ring (bicyclic) bond motifs is 1. The number of thiazole rings is 1. The summed E-state index contributed by atoms with van der Waals surface area (Å²) in [7, 11) is 0. The molecule has 2 heterocycles. The maximum atomic E-state index is 6.25. The highest BCUT2D eigenvalue weighted by Crippen LogP contribution is 2.32. The molecule has 0 saturated carbocycles. The van der Waals surface area contributed by atoms with Gasteiger partial charge in [-0.3, -0.25) is 4.98 Å². The molecule has 0 amide bonds. The van der Waals surface area contributed by atoms with E-state index in [-0.39, 0.29) is 0 Å². The lowest BCUT2D eigenvalue weighted by Gasteiger charge is -2.10. The van der Waals surface area contributed by atoms with E-state index in [0.717, 1.165) is 21.5 Å². The van der Waals surface area contributed by atoms with Crippen LogP contribution in [0.25, 0.3) is 10.2 Å². The Morgan fingerprint density at radius 3 is 3.05 bits per heavy atom. The fourth-order valence-corrected chi connectivity index (χ4v) is 2.84. The second kappa shape index (κ2) is 5.15. The third kappa shape index (κ3) is 2.41. The van der Waals surface area contributed by atoms with Crippen LogP contribution in [0.4, 0.5) is 5.69 Å². The van der Waals surface area contributed by atoms with Crippen molar-refractivity contribution in [1.82, 2.24) is 9.97 Å². The lowest BCUT2D eigenvalue weighted by molar-refractivity contribution is 1.08. The number of hydrogen-bond donors (Lipinski definition) is 1. The van der Waals surface area contributed by atoms with Crippen molar-refractivity contribution < 1.29 is 0 Å². The van der Waals surface area contributed by atoms with Gasteiger partial charge in [0.15, 0.2) is 0 Å². The number of hydrogen-bond acceptors (Lipinski definition) is 4. The normalized spacial score (nSPS) is 10.8. The number of aryl methyl sites for hydroxylation is 1. The molecule has 0 spiro atoms. The first-order valence-corrected chi connectivity index (χ1v) is 7.16. The molecule has 3 rings (SSSR count). The minimum atomic E-state index is 0.691. The molecule has 19 heavy (non-hydrogen) atoms. The van der Waals surface area contributed by atoms with Crippen molar-refractivity contribution in [3.05, 3.63) is 52.3 Å². The zero-order valence-electron chi connectivity index (χ0n) is 10.4. The van der Waals surface area contributed by atoms with Crippen molar-refractivity contribution in [2.45, 2.75) is 13.5 Å². The summed E-state index contributed by atoms with van der Waals surface area (Å²) < 4.78 is 1.13. The van der Waals surface area contributed by atoms with Crippen LogP contribution in [0, 0.1) is 6.92 Å². The average molecular weight is 290 g/mol. The van der Waals surface area contributed by atoms with Crippen LogP contribution < -0.4 is 5.32 Å². The smallest absolute Gasteiger partial charge is 0.106 e. The second-order valence-electron chi connectivity index (χ2n) is 4.28. The van der Waals surface area contributed by atoms with Gasteiger partial charge in [-0.25, -0.2) is 4.98 Å². The van der Waals surface area contributed by atoms with Crippen molar-refractivity contribution in [2.24, 2.45) is 0 Å². The monoisotopic (exact) mass is 289 g/mol. The molecule has 0 atom stereocenters. The van der Waals surface area contributed by atoms with Gasteiger partial charge in [-0.1, -0.05) is 11.6 Å². The molecule has 3 nitrogen and oxygen atoms in total. The number of nitrogens with zero attached hydrogens (tertiary/aromatic N) is 2. The highest BCUT2D eigenvalue weighted by Gasteiger charge is 2.08. The first kappa shape index (κ1) is 12.4. The molecule has 0 bridgehead atoms. The predicted molar refractivity (Wildman–Crippen MR) is 80.9 cm³/mol. The SMILES string of the molecule is Cc1ccncc1CNc1c(Cl)ccc2scnc12. The van der Waals surface area contributed by atoms with Crippen molar-refractivity contribution >= 4 is 38.8 Å². The molecule has 1 N–H and O–H groups in total. The standard InChI is InChI=1S/C14H12ClN3S/c1-9-4-5-16-6-10(9)7-17-13-11(15)2-3-12-14(13)18-8-19-12/h2-6,8,17H,7H2,1H3. The first-order valence-electron chi connectivity index (χ1n) is 5.91. The third-order valence-electron chi connectivity index (χ3n) is 3.05. The Labute approximate surface area is 120 Å². The van der Waals surface area contributed by atoms with Gasteiger partial charge in [0, 0.05) is 18.9 Å². The zero-order chi connectivity index (χ0) is 13.2. The number of halogens is 1. The highest BCUT2D eigenvalue weighted by molar-refractivity contribution is 7.16. The van der Waals surface area contributed by atoms with Gasteiger partial charge in [-0.2, -0.15) is 0 Å². The van der Waals surface area contributed by atoms with Crippen LogP contribution in [0.15, 0.2) is 36.1 Å². The van der Waals surface area contributed by atoms with Crippen LogP contribution >= 0.6 is 22.9 Å². The summed E-state index contributed by atoms with van der Waals surface area (Å²) in [4.78, 5) is 8.52. The van der Waals surface area contributed by atoms with Crippen LogP contribution in [0.5, 0.6) is 0 Å². The van der Waals surface area contributed by atoms with E-state index in [4.69, 9.17) is 11.6 Å². The van der Waals surface area contributed by atoms with Gasteiger partial charge in [0.25, 0.3) is 0 Å². The molecule has 0 radical (unpaired) electrons. The van der Waals surface area contributed by atoms with Gasteiger partial charge < -0.3 is 5.32 Å². The minimum Gasteiger partial charge on any atom is -0.378 e. The van der Waals surface area contributed by atoms with Gasteiger partial charge in [0.05, 0.1) is 20.9 Å². The van der Waals surface area contributed by atoms with Crippen LogP contribution in [-0.4, -0.2) is 9.97 Å². The Kier molecular flexibility index (Phi) is 3.36. The van der Waals surface area contributed by atoms with E-state index in [2.05, 4.69) is 22.2 Å². The number of anilines is 1. The molecule has 0 unspecified atom stereocenters. The number of benzene rings is 1. The maximum Gasteiger partial charge on any atom is 0.106 e. The van der Waals surface area contributed by atoms with Crippen LogP contribution in [0.3, 0.4) is 0 Å². The van der Waals surface area contributed by atoms with Crippen LogP contribution in [-0.2, 0) is 6.54 Å². The molecule has 0 saturated heterocycles. The summed E-state index contributed by atoms with van der Waals surface area (Å²) in [6.07, 6.45) is 3.67. The number of rotatable bonds is 3. The van der Waals surface area contributed by atoms with Crippen molar-refractivity contribution in [3.63, 3.8) is 0 Å². The summed E-state index contributed by atoms with van der Waals surface area (Å²) >= 11 is 7.87. The predicted octanol–water partition coefficient (Wildman–Crippen LogP) is 4.27. The van der Waals surface area contributed by atoms with Gasteiger partial charge in [0.1, 0.15) is 5.52 Å². The molecule has 2 aromatic heterocycles. The number of aromatic nitrogens is 2. The fourth-order valence-electron chi connectivity index (χ4n) is 1.94. The molecule has 96 valence electrons. The molecule has 5 heteroatoms. The van der Waals surface area contributed by atoms with E-state index < -0.39 is 0 Å². The topological polar surface area (TPSA) is 37.8 Å². The Morgan fingerprint density at radius 1 is 1.32 bits per heavy atom. The van der Waals surface area contributed by atoms with Gasteiger partial charge >= 0.3 is 0 Å². The Bertz CT molecular complexity index is 724. The Hall–Kier alpha value is -1.65. The average Bonchev–Trinajstić information content (AvgIpc) is 2.88. The van der Waals surface area contributed by atoms with E-state index >= 15 is 0 Å². The van der Waals surface area contributed by atoms with Crippen LogP contribution in [0.2, 0.25) is 5.02 Å². The van der Waals surface area contributed by atoms with E-state index in [0.29, 0.717) is 11.6 Å². The molecule has 3 aromatic rings. The van der Waals surface area contributed by atoms with E-state index in [1.165, 1.54) is 5.56 Å². The largest absolute Gasteiger partial charge is 0.378 e. The number of nitrogens with one attached hydrogen (secondary N) is 1. The van der Waals surface area contributed by atoms with E-state index in [9.17, 15) is 0 Å². The van der Waals surface area contributed by atoms with Crippen LogP contribution in [0.1, 0.15) is 11.1 Å². The third-order valence-corrected chi connectivity index (χ3v) is 4.16. The van der Waals surface area contributed by atoms with Gasteiger partial charge in [-0.05, 0) is 36.2 Å². The molecule has 0 aliphatic carbocycles. The first-order chi connectivity index (χ1) is 9.25. The molecule has 0 aliphatic heterocycles. The van der Waals surface area contributed by atoms with Crippen molar-refractivity contribution in [3.8, 4) is 0 Å². The van der Waals surface area contributed by atoms with Crippen molar-refractivity contribution in [2.75, 3.05) is 5.32 Å². The quantitative estimate of drug-likeness (QED) is 0.782. The minimum absolute atomic E-state index is 0.691. The summed E-state index contributed by atoms with van der Waals surface area (Å²) in [6, 6.07) is 5.90. The summed E-state index contributed by atoms with van der Waals surface area (Å²) in [5, 5.41) is 4.07. The maximum absolute atomic E-state index is 6.25. The Balaban J connectivity index is 1.92. The van der Waals surface area contributed by atoms with Gasteiger partial charge in [-0.15, -0.1) is 11.3 Å². The summed E-state index contributed by atoms with van der Waals surface area (Å²) in [5.74, 6) is 0. The molecule has 0 fully saturated rings. The second-order valence-corrected chi connectivity index (χ2v) is 5.57. The molecular formula is C14H12ClN3S. The molecular weight excluding hydrogens is 278 g/mol. The lowest BCUT2D eigenvalue weighted by Crippen LogP contribution is -2.02. The molecule has 1 aromatic carbocycles. The van der Waals surface area contributed by atoms with Crippen molar-refractivity contribution in [1.29, 1.82) is 0 Å². The van der Waals surface area contributed by atoms with Gasteiger partial charge in [0.2, 0.25) is 0 Å². The summed E-state index contributed by atoms with van der Waals surface area (Å²) in [5.41, 5.74) is 6.03. The Morgan fingerprint density at radius 2 is 2.21 bits per heavy atom. The fraction of sp³-hybridized carbons (Fsp3) is 0.143. The number of pyridine rings is 1. The van der Waals surface area contributed by atoms with E-state index in [1.54, 1.807) is 17.5 Å². The van der Waals surface area contributed by atoms with E-state index in [1.807, 2.05) is 29.9 Å².